The fourth-order valence-electron chi connectivity index (χ4n) is 3.48. The fourth-order valence-corrected chi connectivity index (χ4v) is 4.48. The van der Waals surface area contributed by atoms with Crippen molar-refractivity contribution in [1.82, 2.24) is 19.3 Å². The van der Waals surface area contributed by atoms with Crippen molar-refractivity contribution in [2.45, 2.75) is 37.6 Å². The van der Waals surface area contributed by atoms with E-state index in [2.05, 4.69) is 21.2 Å². The number of carbonyl (C=O) groups is 1. The number of benzene rings is 2. The van der Waals surface area contributed by atoms with Crippen LogP contribution in [0.25, 0.3) is 11.2 Å². The number of aromatic nitrogens is 3. The number of sulfonamides is 1. The second-order valence-corrected chi connectivity index (χ2v) is 9.19. The number of rotatable bonds is 8. The van der Waals surface area contributed by atoms with E-state index in [-0.39, 0.29) is 10.5 Å². The van der Waals surface area contributed by atoms with Crippen molar-refractivity contribution in [3.63, 3.8) is 0 Å². The van der Waals surface area contributed by atoms with Crippen LogP contribution in [0.2, 0.25) is 0 Å². The number of hydrogen-bond donors (Lipinski definition) is 1. The second kappa shape index (κ2) is 9.32. The molecule has 2 heterocycles. The molecule has 0 radical (unpaired) electrons. The quantitative estimate of drug-likeness (QED) is 0.441. The summed E-state index contributed by atoms with van der Waals surface area (Å²) in [5.74, 6) is 0.315. The molecule has 0 fully saturated rings. The number of fused-ring (bicyclic) bond motifs is 1. The van der Waals surface area contributed by atoms with Gasteiger partial charge in [-0.25, -0.2) is 23.1 Å². The molecule has 0 aliphatic rings. The molecular weight excluding hydrogens is 424 g/mol. The van der Waals surface area contributed by atoms with Crippen molar-refractivity contribution in [3.8, 4) is 0 Å². The van der Waals surface area contributed by atoms with Crippen LogP contribution in [-0.2, 0) is 23.0 Å². The maximum absolute atomic E-state index is 12.5. The Labute approximate surface area is 187 Å². The highest BCUT2D eigenvalue weighted by Gasteiger charge is 2.18. The van der Waals surface area contributed by atoms with Gasteiger partial charge in [-0.05, 0) is 48.4 Å². The van der Waals surface area contributed by atoms with Crippen molar-refractivity contribution in [1.29, 1.82) is 0 Å². The van der Waals surface area contributed by atoms with E-state index in [4.69, 9.17) is 4.98 Å². The summed E-state index contributed by atoms with van der Waals surface area (Å²) in [4.78, 5) is 21.8. The third-order valence-electron chi connectivity index (χ3n) is 5.17. The van der Waals surface area contributed by atoms with E-state index in [1.807, 2.05) is 24.3 Å². The highest BCUT2D eigenvalue weighted by Crippen LogP contribution is 2.18. The summed E-state index contributed by atoms with van der Waals surface area (Å²) in [6.07, 6.45) is 4.74. The maximum atomic E-state index is 12.5. The number of pyridine rings is 1. The molecule has 1 N–H and O–H groups in total. The molecular formula is C24H24N4O3S. The maximum Gasteiger partial charge on any atom is 0.264 e. The van der Waals surface area contributed by atoms with Crippen LogP contribution < -0.4 is 4.72 Å². The average molecular weight is 449 g/mol. The molecule has 0 unspecified atom stereocenters. The van der Waals surface area contributed by atoms with Crippen LogP contribution >= 0.6 is 0 Å². The van der Waals surface area contributed by atoms with E-state index in [0.29, 0.717) is 6.54 Å². The molecule has 7 nitrogen and oxygen atoms in total. The Balaban J connectivity index is 1.53. The first kappa shape index (κ1) is 21.7. The Bertz CT molecular complexity index is 1330. The zero-order valence-corrected chi connectivity index (χ0v) is 18.5. The van der Waals surface area contributed by atoms with Crippen molar-refractivity contribution in [2.75, 3.05) is 0 Å². The van der Waals surface area contributed by atoms with Crippen LogP contribution in [0.5, 0.6) is 0 Å². The number of amides is 1. The molecule has 0 aliphatic carbocycles. The van der Waals surface area contributed by atoms with Crippen LogP contribution in [0, 0.1) is 0 Å². The molecule has 8 heteroatoms. The molecule has 32 heavy (non-hydrogen) atoms. The van der Waals surface area contributed by atoms with Gasteiger partial charge in [0.25, 0.3) is 15.9 Å². The average Bonchev–Trinajstić information content (AvgIpc) is 3.15. The number of nitrogens with zero attached hydrogens (tertiary/aromatic N) is 3. The Morgan fingerprint density at radius 3 is 2.47 bits per heavy atom. The van der Waals surface area contributed by atoms with Gasteiger partial charge < -0.3 is 4.57 Å². The molecule has 0 bridgehead atoms. The SMILES string of the molecule is CCCCc1nc2cccnc2n1Cc1ccc(C(=O)NS(=O)(=O)c2ccccc2)cc1. The summed E-state index contributed by atoms with van der Waals surface area (Å²) < 4.78 is 29.0. The molecule has 1 amide bonds. The van der Waals surface area contributed by atoms with Gasteiger partial charge in [-0.3, -0.25) is 4.79 Å². The third kappa shape index (κ3) is 4.70. The minimum absolute atomic E-state index is 0.0454. The first-order chi connectivity index (χ1) is 15.5. The van der Waals surface area contributed by atoms with Crippen LogP contribution in [0.3, 0.4) is 0 Å². The summed E-state index contributed by atoms with van der Waals surface area (Å²) in [6.45, 7) is 2.71. The molecule has 4 aromatic rings. The van der Waals surface area contributed by atoms with Crippen molar-refractivity contribution in [2.24, 2.45) is 0 Å². The number of hydrogen-bond acceptors (Lipinski definition) is 5. The van der Waals surface area contributed by atoms with E-state index in [9.17, 15) is 13.2 Å². The zero-order valence-electron chi connectivity index (χ0n) is 17.7. The molecule has 0 aliphatic heterocycles. The molecule has 2 aromatic carbocycles. The summed E-state index contributed by atoms with van der Waals surface area (Å²) in [6, 6.07) is 18.5. The lowest BCUT2D eigenvalue weighted by Crippen LogP contribution is -2.30. The molecule has 4 rings (SSSR count). The number of unbranched alkanes of at least 4 members (excludes halogenated alkanes) is 1. The summed E-state index contributed by atoms with van der Waals surface area (Å²) in [5, 5.41) is 0. The van der Waals surface area contributed by atoms with E-state index >= 15 is 0 Å². The van der Waals surface area contributed by atoms with Gasteiger partial charge in [-0.1, -0.05) is 43.7 Å². The van der Waals surface area contributed by atoms with Gasteiger partial charge in [0.05, 0.1) is 11.4 Å². The normalized spacial score (nSPS) is 11.5. The topological polar surface area (TPSA) is 93.9 Å². The molecule has 164 valence electrons. The molecule has 0 atom stereocenters. The van der Waals surface area contributed by atoms with Crippen molar-refractivity contribution < 1.29 is 13.2 Å². The first-order valence-electron chi connectivity index (χ1n) is 10.5. The van der Waals surface area contributed by atoms with Gasteiger partial charge in [-0.2, -0.15) is 0 Å². The highest BCUT2D eigenvalue weighted by molar-refractivity contribution is 7.90. The van der Waals surface area contributed by atoms with Gasteiger partial charge >= 0.3 is 0 Å². The lowest BCUT2D eigenvalue weighted by atomic mass is 10.1. The Kier molecular flexibility index (Phi) is 6.32. The Hall–Kier alpha value is -3.52. The lowest BCUT2D eigenvalue weighted by molar-refractivity contribution is 0.0981. The fraction of sp³-hybridized carbons (Fsp3) is 0.208. The smallest absolute Gasteiger partial charge is 0.264 e. The summed E-state index contributed by atoms with van der Waals surface area (Å²) >= 11 is 0. The Morgan fingerprint density at radius 2 is 1.75 bits per heavy atom. The number of nitrogens with one attached hydrogen (secondary N) is 1. The predicted octanol–water partition coefficient (Wildman–Crippen LogP) is 3.94. The standard InChI is InChI=1S/C24H24N4O3S/c1-2-3-11-22-26-21-10-7-16-25-23(21)28(22)17-18-12-14-19(15-13-18)24(29)27-32(30,31)20-8-5-4-6-9-20/h4-10,12-16H,2-3,11,17H2,1H3,(H,27,29). The van der Waals surface area contributed by atoms with Crippen molar-refractivity contribution >= 4 is 27.1 Å². The minimum Gasteiger partial charge on any atom is -0.308 e. The number of aryl methyl sites for hydroxylation is 1. The van der Waals surface area contributed by atoms with E-state index in [1.54, 1.807) is 36.5 Å². The number of imidazole rings is 1. The van der Waals surface area contributed by atoms with Crippen LogP contribution in [0.4, 0.5) is 0 Å². The van der Waals surface area contributed by atoms with Gasteiger partial charge in [-0.15, -0.1) is 0 Å². The molecule has 2 aromatic heterocycles. The van der Waals surface area contributed by atoms with Gasteiger partial charge in [0.2, 0.25) is 0 Å². The summed E-state index contributed by atoms with van der Waals surface area (Å²) in [5.41, 5.74) is 2.93. The van der Waals surface area contributed by atoms with Gasteiger partial charge in [0, 0.05) is 18.2 Å². The van der Waals surface area contributed by atoms with E-state index < -0.39 is 15.9 Å². The predicted molar refractivity (Wildman–Crippen MR) is 123 cm³/mol. The van der Waals surface area contributed by atoms with Crippen LogP contribution in [-0.4, -0.2) is 28.9 Å². The molecule has 0 saturated carbocycles. The lowest BCUT2D eigenvalue weighted by Gasteiger charge is -2.10. The zero-order chi connectivity index (χ0) is 22.6. The van der Waals surface area contributed by atoms with Crippen LogP contribution in [0.1, 0.15) is 41.5 Å². The van der Waals surface area contributed by atoms with Crippen LogP contribution in [0.15, 0.2) is 77.8 Å². The monoisotopic (exact) mass is 448 g/mol. The molecule has 0 saturated heterocycles. The second-order valence-electron chi connectivity index (χ2n) is 7.51. The largest absolute Gasteiger partial charge is 0.308 e. The highest BCUT2D eigenvalue weighted by atomic mass is 32.2. The third-order valence-corrected chi connectivity index (χ3v) is 6.52. The van der Waals surface area contributed by atoms with Gasteiger partial charge in [0.15, 0.2) is 5.65 Å². The minimum atomic E-state index is -3.92. The van der Waals surface area contributed by atoms with E-state index in [1.165, 1.54) is 12.1 Å². The molecule has 0 spiro atoms. The Morgan fingerprint density at radius 1 is 1.00 bits per heavy atom. The van der Waals surface area contributed by atoms with Gasteiger partial charge in [0.1, 0.15) is 11.3 Å². The summed E-state index contributed by atoms with van der Waals surface area (Å²) in [7, 11) is -3.92. The van der Waals surface area contributed by atoms with E-state index in [0.717, 1.165) is 41.8 Å². The van der Waals surface area contributed by atoms with Crippen molar-refractivity contribution in [3.05, 3.63) is 89.9 Å². The first-order valence-corrected chi connectivity index (χ1v) is 12.0. The number of carbonyl (C=O) groups excluding carboxylic acids is 1.